The van der Waals surface area contributed by atoms with Crippen molar-refractivity contribution in [2.24, 2.45) is 0 Å². The van der Waals surface area contributed by atoms with E-state index in [1.54, 1.807) is 10.9 Å². The van der Waals surface area contributed by atoms with Gasteiger partial charge in [0.25, 0.3) is 0 Å². The van der Waals surface area contributed by atoms with Crippen molar-refractivity contribution in [3.63, 3.8) is 0 Å². The second kappa shape index (κ2) is 5.51. The quantitative estimate of drug-likeness (QED) is 0.791. The Bertz CT molecular complexity index is 702. The van der Waals surface area contributed by atoms with E-state index in [0.29, 0.717) is 12.4 Å². The first kappa shape index (κ1) is 12.9. The average molecular weight is 328 g/mol. The van der Waals surface area contributed by atoms with Gasteiger partial charge in [-0.05, 0) is 32.6 Å². The zero-order valence-corrected chi connectivity index (χ0v) is 12.4. The number of hydrogen-bond donors (Lipinski definition) is 1. The molecule has 2 aromatic carbocycles. The summed E-state index contributed by atoms with van der Waals surface area (Å²) >= 11 is 3.36. The van der Waals surface area contributed by atoms with Crippen molar-refractivity contribution in [2.45, 2.75) is 6.54 Å². The predicted molar refractivity (Wildman–Crippen MR) is 85.3 cm³/mol. The van der Waals surface area contributed by atoms with Crippen molar-refractivity contribution < 1.29 is 0 Å². The van der Waals surface area contributed by atoms with E-state index in [4.69, 9.17) is 5.73 Å². The normalized spacial score (nSPS) is 10.7. The van der Waals surface area contributed by atoms with Crippen molar-refractivity contribution in [2.75, 3.05) is 5.73 Å². The Morgan fingerprint density at radius 3 is 2.20 bits per heavy atom. The molecule has 0 aliphatic heterocycles. The van der Waals surface area contributed by atoms with E-state index in [9.17, 15) is 0 Å². The Hall–Kier alpha value is -2.07. The summed E-state index contributed by atoms with van der Waals surface area (Å²) in [6.07, 6.45) is 1.72. The molecule has 20 heavy (non-hydrogen) atoms. The zero-order valence-electron chi connectivity index (χ0n) is 10.8. The number of hydrogen-bond acceptors (Lipinski definition) is 2. The molecule has 2 N–H and O–H groups in total. The van der Waals surface area contributed by atoms with Gasteiger partial charge in [0.2, 0.25) is 0 Å². The Balaban J connectivity index is 1.82. The number of benzene rings is 2. The molecule has 3 nitrogen and oxygen atoms in total. The number of anilines is 1. The predicted octanol–water partition coefficient (Wildman–Crippen LogP) is 3.94. The van der Waals surface area contributed by atoms with Gasteiger partial charge in [0, 0.05) is 0 Å². The van der Waals surface area contributed by atoms with Gasteiger partial charge >= 0.3 is 0 Å². The average Bonchev–Trinajstić information content (AvgIpc) is 2.81. The van der Waals surface area contributed by atoms with Crippen LogP contribution in [0.4, 0.5) is 5.82 Å². The van der Waals surface area contributed by atoms with Gasteiger partial charge in [0.05, 0.1) is 17.2 Å². The molecule has 1 heterocycles. The van der Waals surface area contributed by atoms with Gasteiger partial charge in [-0.2, -0.15) is 5.10 Å². The molecule has 100 valence electrons. The third kappa shape index (κ3) is 2.60. The maximum atomic E-state index is 5.92. The van der Waals surface area contributed by atoms with Crippen LogP contribution in [0.25, 0.3) is 11.1 Å². The summed E-state index contributed by atoms with van der Waals surface area (Å²) in [5.74, 6) is 0.650. The first-order valence-electron chi connectivity index (χ1n) is 6.35. The summed E-state index contributed by atoms with van der Waals surface area (Å²) in [6.45, 7) is 0.673. The second-order valence-electron chi connectivity index (χ2n) is 4.60. The summed E-state index contributed by atoms with van der Waals surface area (Å²) in [6, 6.07) is 18.8. The molecule has 0 bridgehead atoms. The SMILES string of the molecule is Nc1c(Br)cnn1Cc1ccc(-c2ccccc2)cc1. The zero-order chi connectivity index (χ0) is 13.9. The van der Waals surface area contributed by atoms with Gasteiger partial charge in [0.15, 0.2) is 0 Å². The van der Waals surface area contributed by atoms with E-state index in [1.165, 1.54) is 16.7 Å². The molecule has 0 radical (unpaired) electrons. The molecule has 0 unspecified atom stereocenters. The number of nitrogens with zero attached hydrogens (tertiary/aromatic N) is 2. The number of halogens is 1. The monoisotopic (exact) mass is 327 g/mol. The van der Waals surface area contributed by atoms with Gasteiger partial charge < -0.3 is 5.73 Å². The minimum absolute atomic E-state index is 0.650. The van der Waals surface area contributed by atoms with Crippen LogP contribution in [-0.2, 0) is 6.54 Å². The molecule has 0 saturated carbocycles. The molecule has 0 fully saturated rings. The lowest BCUT2D eigenvalue weighted by atomic mass is 10.0. The fourth-order valence-corrected chi connectivity index (χ4v) is 2.40. The van der Waals surface area contributed by atoms with Gasteiger partial charge in [-0.15, -0.1) is 0 Å². The molecule has 0 atom stereocenters. The van der Waals surface area contributed by atoms with Crippen LogP contribution in [0, 0.1) is 0 Å². The highest BCUT2D eigenvalue weighted by molar-refractivity contribution is 9.10. The number of nitrogen functional groups attached to an aromatic ring is 1. The van der Waals surface area contributed by atoms with Gasteiger partial charge in [0.1, 0.15) is 5.82 Å². The fourth-order valence-electron chi connectivity index (χ4n) is 2.10. The lowest BCUT2D eigenvalue weighted by molar-refractivity contribution is 0.697. The number of rotatable bonds is 3. The summed E-state index contributed by atoms with van der Waals surface area (Å²) in [5, 5.41) is 4.24. The van der Waals surface area contributed by atoms with E-state index >= 15 is 0 Å². The largest absolute Gasteiger partial charge is 0.383 e. The Kier molecular flexibility index (Phi) is 3.56. The lowest BCUT2D eigenvalue weighted by Gasteiger charge is -2.06. The van der Waals surface area contributed by atoms with Crippen LogP contribution in [0.3, 0.4) is 0 Å². The number of nitrogens with two attached hydrogens (primary N) is 1. The fraction of sp³-hybridized carbons (Fsp3) is 0.0625. The Labute approximate surface area is 126 Å². The third-order valence-electron chi connectivity index (χ3n) is 3.23. The highest BCUT2D eigenvalue weighted by atomic mass is 79.9. The lowest BCUT2D eigenvalue weighted by Crippen LogP contribution is -2.05. The molecular weight excluding hydrogens is 314 g/mol. The molecular formula is C16H14BrN3. The minimum Gasteiger partial charge on any atom is -0.383 e. The molecule has 3 rings (SSSR count). The molecule has 0 amide bonds. The first-order valence-corrected chi connectivity index (χ1v) is 7.14. The molecule has 0 saturated heterocycles. The van der Waals surface area contributed by atoms with Crippen molar-refractivity contribution in [3.05, 3.63) is 70.8 Å². The summed E-state index contributed by atoms with van der Waals surface area (Å²) < 4.78 is 2.61. The topological polar surface area (TPSA) is 43.8 Å². The van der Waals surface area contributed by atoms with E-state index in [0.717, 1.165) is 4.47 Å². The van der Waals surface area contributed by atoms with Crippen LogP contribution >= 0.6 is 15.9 Å². The molecule has 0 aliphatic carbocycles. The van der Waals surface area contributed by atoms with Crippen molar-refractivity contribution in [1.29, 1.82) is 0 Å². The van der Waals surface area contributed by atoms with E-state index in [1.807, 2.05) is 18.2 Å². The van der Waals surface area contributed by atoms with Crippen LogP contribution in [-0.4, -0.2) is 9.78 Å². The molecule has 0 spiro atoms. The Morgan fingerprint density at radius 2 is 1.60 bits per heavy atom. The molecule has 1 aromatic heterocycles. The maximum absolute atomic E-state index is 5.92. The van der Waals surface area contributed by atoms with Gasteiger partial charge in [-0.25, -0.2) is 4.68 Å². The van der Waals surface area contributed by atoms with E-state index in [2.05, 4.69) is 57.4 Å². The van der Waals surface area contributed by atoms with Crippen LogP contribution in [0.15, 0.2) is 65.3 Å². The first-order chi connectivity index (χ1) is 9.74. The maximum Gasteiger partial charge on any atom is 0.136 e. The molecule has 4 heteroatoms. The minimum atomic E-state index is 0.650. The third-order valence-corrected chi connectivity index (χ3v) is 3.84. The van der Waals surface area contributed by atoms with Crippen LogP contribution in [0.2, 0.25) is 0 Å². The summed E-state index contributed by atoms with van der Waals surface area (Å²) in [7, 11) is 0. The highest BCUT2D eigenvalue weighted by Gasteiger charge is 2.05. The van der Waals surface area contributed by atoms with Gasteiger partial charge in [-0.3, -0.25) is 0 Å². The van der Waals surface area contributed by atoms with Crippen molar-refractivity contribution in [1.82, 2.24) is 9.78 Å². The Morgan fingerprint density at radius 1 is 0.950 bits per heavy atom. The van der Waals surface area contributed by atoms with Crippen LogP contribution in [0.1, 0.15) is 5.56 Å². The van der Waals surface area contributed by atoms with Crippen LogP contribution < -0.4 is 5.73 Å². The highest BCUT2D eigenvalue weighted by Crippen LogP contribution is 2.21. The number of aromatic nitrogens is 2. The van der Waals surface area contributed by atoms with Crippen molar-refractivity contribution >= 4 is 21.7 Å². The van der Waals surface area contributed by atoms with Crippen molar-refractivity contribution in [3.8, 4) is 11.1 Å². The van der Waals surface area contributed by atoms with Gasteiger partial charge in [-0.1, -0.05) is 54.6 Å². The summed E-state index contributed by atoms with van der Waals surface area (Å²) in [4.78, 5) is 0. The summed E-state index contributed by atoms with van der Waals surface area (Å²) in [5.41, 5.74) is 9.53. The molecule has 0 aliphatic rings. The van der Waals surface area contributed by atoms with E-state index < -0.39 is 0 Å². The second-order valence-corrected chi connectivity index (χ2v) is 5.45. The van der Waals surface area contributed by atoms with E-state index in [-0.39, 0.29) is 0 Å². The van der Waals surface area contributed by atoms with Crippen LogP contribution in [0.5, 0.6) is 0 Å². The smallest absolute Gasteiger partial charge is 0.136 e. The standard InChI is InChI=1S/C16H14BrN3/c17-15-10-19-20(16(15)18)11-12-6-8-14(9-7-12)13-4-2-1-3-5-13/h1-10H,11,18H2. The molecule has 3 aromatic rings.